The summed E-state index contributed by atoms with van der Waals surface area (Å²) < 4.78 is 4.90. The summed E-state index contributed by atoms with van der Waals surface area (Å²) in [6.45, 7) is 5.91. The van der Waals surface area contributed by atoms with Crippen molar-refractivity contribution in [1.82, 2.24) is 4.90 Å². The van der Waals surface area contributed by atoms with Gasteiger partial charge in [0.2, 0.25) is 11.8 Å². The van der Waals surface area contributed by atoms with E-state index >= 15 is 0 Å². The number of aliphatic carboxylic acids is 1. The van der Waals surface area contributed by atoms with Crippen LogP contribution in [0.15, 0.2) is 24.3 Å². The number of esters is 1. The zero-order chi connectivity index (χ0) is 21.4. The molecule has 1 atom stereocenters. The third-order valence-electron chi connectivity index (χ3n) is 3.78. The fourth-order valence-corrected chi connectivity index (χ4v) is 2.33. The molecule has 0 bridgehead atoms. The second-order valence-corrected chi connectivity index (χ2v) is 6.35. The quantitative estimate of drug-likeness (QED) is 0.210. The second-order valence-electron chi connectivity index (χ2n) is 6.35. The minimum atomic E-state index is -1.69. The number of ether oxygens (including phenoxy) is 1. The van der Waals surface area contributed by atoms with Gasteiger partial charge in [-0.05, 0) is 19.3 Å². The van der Waals surface area contributed by atoms with Gasteiger partial charge < -0.3 is 14.6 Å². The molecule has 0 saturated heterocycles. The van der Waals surface area contributed by atoms with Gasteiger partial charge in [-0.25, -0.2) is 0 Å². The summed E-state index contributed by atoms with van der Waals surface area (Å²) in [4.78, 5) is 49.2. The predicted octanol–water partition coefficient (Wildman–Crippen LogP) is -0.700. The van der Waals surface area contributed by atoms with E-state index in [0.29, 0.717) is 11.3 Å². The number of rotatable bonds is 14. The van der Waals surface area contributed by atoms with Gasteiger partial charge >= 0.3 is 35.5 Å². The summed E-state index contributed by atoms with van der Waals surface area (Å²) in [5.41, 5.74) is 0. The van der Waals surface area contributed by atoms with E-state index in [-0.39, 0.29) is 49.0 Å². The van der Waals surface area contributed by atoms with Gasteiger partial charge in [-0.2, -0.15) is 0 Å². The Kier molecular flexibility index (Phi) is 19.1. The molecule has 0 aromatic heterocycles. The van der Waals surface area contributed by atoms with E-state index in [0.717, 1.165) is 25.7 Å². The van der Waals surface area contributed by atoms with E-state index in [4.69, 9.17) is 4.74 Å². The van der Waals surface area contributed by atoms with Crippen LogP contribution in [0.25, 0.3) is 0 Å². The van der Waals surface area contributed by atoms with Gasteiger partial charge in [-0.15, -0.1) is 0 Å². The molecule has 0 fully saturated rings. The van der Waals surface area contributed by atoms with Crippen LogP contribution in [0.5, 0.6) is 0 Å². The van der Waals surface area contributed by atoms with Crippen molar-refractivity contribution in [1.29, 1.82) is 0 Å². The molecule has 8 heteroatoms. The molecule has 158 valence electrons. The topological polar surface area (TPSA) is 104 Å². The van der Waals surface area contributed by atoms with Gasteiger partial charge in [0, 0.05) is 12.8 Å². The molecule has 2 amide bonds. The minimum Gasteiger partial charge on any atom is -0.548 e. The predicted molar refractivity (Wildman–Crippen MR) is 104 cm³/mol. The van der Waals surface area contributed by atoms with Crippen LogP contribution >= 0.6 is 0 Å². The molecular formula is C21H32NNaO6. The molecule has 0 spiro atoms. The number of imide groups is 1. The van der Waals surface area contributed by atoms with Crippen LogP contribution in [-0.4, -0.2) is 41.3 Å². The van der Waals surface area contributed by atoms with Gasteiger partial charge in [-0.1, -0.05) is 57.9 Å². The maximum atomic E-state index is 12.6. The summed E-state index contributed by atoms with van der Waals surface area (Å²) >= 11 is 0. The standard InChI is InChI=1S/C21H33NO6.Na/c1-4-7-9-11-13-18(23)22(19(24)14-12-10-8-5-2)17(21(26)27)16-20(25)28-15-6-3;/h9-12,17H,4-8,13-16H2,1-3H3,(H,26,27);/q;+1/p-1/b11-9+,12-10+;. The molecule has 0 aromatic carbocycles. The molecule has 0 aliphatic carbocycles. The van der Waals surface area contributed by atoms with Gasteiger partial charge in [0.1, 0.15) is 0 Å². The average Bonchev–Trinajstić information content (AvgIpc) is 2.66. The Bertz CT molecular complexity index is 544. The van der Waals surface area contributed by atoms with Crippen LogP contribution in [0.3, 0.4) is 0 Å². The number of hydrogen-bond donors (Lipinski definition) is 0. The van der Waals surface area contributed by atoms with Crippen molar-refractivity contribution in [2.45, 2.75) is 78.2 Å². The number of carbonyl (C=O) groups excluding carboxylic acids is 4. The smallest absolute Gasteiger partial charge is 0.548 e. The van der Waals surface area contributed by atoms with Crippen molar-refractivity contribution >= 4 is 23.8 Å². The first-order chi connectivity index (χ1) is 13.4. The molecule has 7 nitrogen and oxygen atoms in total. The summed E-state index contributed by atoms with van der Waals surface area (Å²) in [7, 11) is 0. The number of hydrogen-bond acceptors (Lipinski definition) is 6. The fourth-order valence-electron chi connectivity index (χ4n) is 2.33. The van der Waals surface area contributed by atoms with Crippen molar-refractivity contribution in [3.05, 3.63) is 24.3 Å². The SMILES string of the molecule is CCC/C=C/CC(=O)N(C(=O)C/C=C/CCC)C(CC(=O)OCCC)C(=O)[O-].[Na+]. The summed E-state index contributed by atoms with van der Waals surface area (Å²) in [6, 6.07) is -1.69. The Hall–Kier alpha value is -1.44. The van der Waals surface area contributed by atoms with E-state index in [1.54, 1.807) is 31.2 Å². The van der Waals surface area contributed by atoms with Crippen LogP contribution in [0.2, 0.25) is 0 Å². The van der Waals surface area contributed by atoms with Crippen LogP contribution in [-0.2, 0) is 23.9 Å². The summed E-state index contributed by atoms with van der Waals surface area (Å²) in [6.07, 6.45) is 9.84. The van der Waals surface area contributed by atoms with Crippen molar-refractivity contribution in [2.24, 2.45) is 0 Å². The number of unbranched alkanes of at least 4 members (excludes halogenated alkanes) is 2. The van der Waals surface area contributed by atoms with E-state index < -0.39 is 36.2 Å². The molecule has 29 heavy (non-hydrogen) atoms. The Morgan fingerprint density at radius 3 is 1.72 bits per heavy atom. The number of carboxylic acid groups (broad SMARTS) is 1. The van der Waals surface area contributed by atoms with Crippen LogP contribution in [0.1, 0.15) is 72.1 Å². The molecule has 0 aliphatic heterocycles. The zero-order valence-corrected chi connectivity index (χ0v) is 20.1. The Labute approximate surface area is 195 Å². The molecule has 0 rings (SSSR count). The minimum absolute atomic E-state index is 0. The average molecular weight is 417 g/mol. The molecule has 0 aliphatic rings. The molecule has 0 radical (unpaired) electrons. The number of carbonyl (C=O) groups is 4. The van der Waals surface area contributed by atoms with E-state index in [2.05, 4.69) is 0 Å². The Morgan fingerprint density at radius 2 is 1.34 bits per heavy atom. The Balaban J connectivity index is 0. The van der Waals surface area contributed by atoms with Gasteiger partial charge in [-0.3, -0.25) is 19.3 Å². The van der Waals surface area contributed by atoms with Crippen molar-refractivity contribution in [2.75, 3.05) is 6.61 Å². The van der Waals surface area contributed by atoms with Crippen molar-refractivity contribution < 1.29 is 58.6 Å². The molecule has 0 heterocycles. The van der Waals surface area contributed by atoms with E-state index in [9.17, 15) is 24.3 Å². The first-order valence-electron chi connectivity index (χ1n) is 9.90. The third kappa shape index (κ3) is 13.4. The first-order valence-corrected chi connectivity index (χ1v) is 9.90. The first kappa shape index (κ1) is 29.8. The number of amides is 2. The monoisotopic (exact) mass is 417 g/mol. The second kappa shape index (κ2) is 18.6. The van der Waals surface area contributed by atoms with Crippen LogP contribution in [0, 0.1) is 0 Å². The zero-order valence-electron chi connectivity index (χ0n) is 18.1. The number of allylic oxidation sites excluding steroid dienone is 2. The maximum Gasteiger partial charge on any atom is 1.00 e. The van der Waals surface area contributed by atoms with Gasteiger partial charge in [0.15, 0.2) is 0 Å². The van der Waals surface area contributed by atoms with Crippen LogP contribution in [0.4, 0.5) is 0 Å². The van der Waals surface area contributed by atoms with Crippen LogP contribution < -0.4 is 34.7 Å². The summed E-state index contributed by atoms with van der Waals surface area (Å²) in [5, 5.41) is 11.6. The van der Waals surface area contributed by atoms with Crippen molar-refractivity contribution in [3.8, 4) is 0 Å². The molecule has 0 N–H and O–H groups in total. The molecule has 0 aromatic rings. The van der Waals surface area contributed by atoms with Crippen molar-refractivity contribution in [3.63, 3.8) is 0 Å². The molecule has 1 unspecified atom stereocenters. The van der Waals surface area contributed by atoms with E-state index in [1.807, 2.05) is 13.8 Å². The van der Waals surface area contributed by atoms with Gasteiger partial charge in [0.25, 0.3) is 0 Å². The normalized spacial score (nSPS) is 11.8. The largest absolute Gasteiger partial charge is 1.00 e. The summed E-state index contributed by atoms with van der Waals surface area (Å²) in [5.74, 6) is -3.81. The number of carboxylic acids is 1. The van der Waals surface area contributed by atoms with E-state index in [1.165, 1.54) is 0 Å². The maximum absolute atomic E-state index is 12.6. The fraction of sp³-hybridized carbons (Fsp3) is 0.619. The van der Waals surface area contributed by atoms with Gasteiger partial charge in [0.05, 0.1) is 25.0 Å². The number of nitrogens with zero attached hydrogens (tertiary/aromatic N) is 1. The molecular weight excluding hydrogens is 385 g/mol. The third-order valence-corrected chi connectivity index (χ3v) is 3.78. The molecule has 0 saturated carbocycles. The Morgan fingerprint density at radius 1 is 0.862 bits per heavy atom.